The van der Waals surface area contributed by atoms with Crippen molar-refractivity contribution in [2.45, 2.75) is 19.4 Å². The van der Waals surface area contributed by atoms with Crippen LogP contribution < -0.4 is 15.5 Å². The molecular weight excluding hydrogens is 514 g/mol. The molecule has 0 radical (unpaired) electrons. The molecule has 0 spiro atoms. The Kier molecular flexibility index (Phi) is 8.95. The molecule has 1 unspecified atom stereocenters. The van der Waals surface area contributed by atoms with Gasteiger partial charge in [-0.2, -0.15) is 0 Å². The van der Waals surface area contributed by atoms with E-state index in [0.717, 1.165) is 5.56 Å². The van der Waals surface area contributed by atoms with E-state index in [9.17, 15) is 24.3 Å². The molecule has 3 N–H and O–H groups in total. The van der Waals surface area contributed by atoms with Crippen molar-refractivity contribution >= 4 is 35.3 Å². The Labute approximate surface area is 231 Å². The molecule has 2 heterocycles. The molecule has 3 aromatic rings. The van der Waals surface area contributed by atoms with Crippen LogP contribution in [-0.2, 0) is 9.53 Å². The van der Waals surface area contributed by atoms with Gasteiger partial charge in [0.15, 0.2) is 0 Å². The summed E-state index contributed by atoms with van der Waals surface area (Å²) in [5.41, 5.74) is 3.43. The van der Waals surface area contributed by atoms with Crippen LogP contribution in [0.1, 0.15) is 44.3 Å². The lowest BCUT2D eigenvalue weighted by Gasteiger charge is -2.36. The van der Waals surface area contributed by atoms with Gasteiger partial charge >= 0.3 is 12.1 Å². The Bertz CT molecular complexity index is 1370. The number of hydrogen-bond donors (Lipinski definition) is 3. The maximum atomic E-state index is 13.3. The number of aliphatic carboxylic acids is 1. The second-order valence-electron chi connectivity index (χ2n) is 9.40. The molecule has 1 aromatic heterocycles. The molecule has 2 aromatic carbocycles. The topological polar surface area (TPSA) is 141 Å². The fraction of sp³-hybridized carbons (Fsp3) is 0.276. The van der Waals surface area contributed by atoms with Gasteiger partial charge in [0.25, 0.3) is 11.8 Å². The normalized spacial score (nSPS) is 13.8. The Morgan fingerprint density at radius 3 is 2.23 bits per heavy atom. The molecule has 1 saturated heterocycles. The van der Waals surface area contributed by atoms with Gasteiger partial charge in [0.1, 0.15) is 0 Å². The summed E-state index contributed by atoms with van der Waals surface area (Å²) >= 11 is 0. The minimum absolute atomic E-state index is 0.254. The van der Waals surface area contributed by atoms with E-state index in [1.807, 2.05) is 24.0 Å². The number of rotatable bonds is 8. The molecule has 11 nitrogen and oxygen atoms in total. The van der Waals surface area contributed by atoms with Crippen molar-refractivity contribution in [3.8, 4) is 0 Å². The maximum Gasteiger partial charge on any atom is 0.409 e. The number of aryl methyl sites for hydroxylation is 1. The minimum atomic E-state index is -1.04. The zero-order valence-electron chi connectivity index (χ0n) is 22.3. The zero-order chi connectivity index (χ0) is 28.6. The molecule has 1 fully saturated rings. The van der Waals surface area contributed by atoms with Gasteiger partial charge in [-0.15, -0.1) is 0 Å². The molecule has 4 rings (SSSR count). The molecule has 0 aliphatic carbocycles. The van der Waals surface area contributed by atoms with Crippen molar-refractivity contribution in [3.05, 3.63) is 89.2 Å². The number of amides is 3. The summed E-state index contributed by atoms with van der Waals surface area (Å²) < 4.78 is 4.82. The van der Waals surface area contributed by atoms with Gasteiger partial charge in [-0.25, -0.2) is 4.79 Å². The molecular formula is C29H31N5O6. The lowest BCUT2D eigenvalue weighted by molar-refractivity contribution is -0.137. The summed E-state index contributed by atoms with van der Waals surface area (Å²) in [6, 6.07) is 14.7. The summed E-state index contributed by atoms with van der Waals surface area (Å²) in [6.45, 7) is 3.77. The van der Waals surface area contributed by atoms with E-state index in [-0.39, 0.29) is 17.9 Å². The number of hydrogen-bond acceptors (Lipinski definition) is 7. The van der Waals surface area contributed by atoms with Crippen LogP contribution in [0.5, 0.6) is 0 Å². The number of piperazine rings is 1. The average molecular weight is 546 g/mol. The van der Waals surface area contributed by atoms with E-state index < -0.39 is 24.0 Å². The minimum Gasteiger partial charge on any atom is -0.481 e. The van der Waals surface area contributed by atoms with Gasteiger partial charge in [-0.3, -0.25) is 19.4 Å². The highest BCUT2D eigenvalue weighted by Gasteiger charge is 2.25. The number of carboxylic acids is 1. The number of anilines is 2. The molecule has 3 amide bonds. The lowest BCUT2D eigenvalue weighted by Crippen LogP contribution is -2.49. The largest absolute Gasteiger partial charge is 0.481 e. The number of carbonyl (C=O) groups is 4. The van der Waals surface area contributed by atoms with Crippen LogP contribution in [0.15, 0.2) is 67.0 Å². The second-order valence-corrected chi connectivity index (χ2v) is 9.40. The number of pyridine rings is 1. The molecule has 40 heavy (non-hydrogen) atoms. The maximum absolute atomic E-state index is 13.3. The van der Waals surface area contributed by atoms with Gasteiger partial charge in [-0.1, -0.05) is 29.8 Å². The summed E-state index contributed by atoms with van der Waals surface area (Å²) in [5.74, 6) is -1.90. The number of benzene rings is 2. The Morgan fingerprint density at radius 2 is 1.60 bits per heavy atom. The van der Waals surface area contributed by atoms with Crippen molar-refractivity contribution in [1.29, 1.82) is 0 Å². The van der Waals surface area contributed by atoms with Gasteiger partial charge in [0, 0.05) is 49.7 Å². The predicted molar refractivity (Wildman–Crippen MR) is 148 cm³/mol. The van der Waals surface area contributed by atoms with Crippen molar-refractivity contribution in [1.82, 2.24) is 15.2 Å². The summed E-state index contributed by atoms with van der Waals surface area (Å²) in [7, 11) is 1.34. The lowest BCUT2D eigenvalue weighted by atomic mass is 10.0. The fourth-order valence-electron chi connectivity index (χ4n) is 4.48. The van der Waals surface area contributed by atoms with Crippen LogP contribution in [0.25, 0.3) is 0 Å². The fourth-order valence-corrected chi connectivity index (χ4v) is 4.48. The number of nitrogens with one attached hydrogen (secondary N) is 2. The first-order valence-electron chi connectivity index (χ1n) is 12.8. The van der Waals surface area contributed by atoms with E-state index in [2.05, 4.69) is 15.6 Å². The number of aromatic nitrogens is 1. The van der Waals surface area contributed by atoms with Crippen LogP contribution in [-0.4, -0.2) is 72.2 Å². The summed E-state index contributed by atoms with van der Waals surface area (Å²) in [6.07, 6.45) is 2.34. The molecule has 0 bridgehead atoms. The first-order chi connectivity index (χ1) is 19.2. The highest BCUT2D eigenvalue weighted by atomic mass is 16.5. The third-order valence-electron chi connectivity index (χ3n) is 6.67. The van der Waals surface area contributed by atoms with E-state index >= 15 is 0 Å². The quantitative estimate of drug-likeness (QED) is 0.391. The van der Waals surface area contributed by atoms with Crippen LogP contribution in [0.3, 0.4) is 0 Å². The highest BCUT2D eigenvalue weighted by molar-refractivity contribution is 6.07. The SMILES string of the molecule is COC(=O)N1CCN(c2ccc(C(=O)NC(CC(=O)O)c3ccc(C)cc3)cc2NC(=O)c2ccncc2)CC1. The predicted octanol–water partition coefficient (Wildman–Crippen LogP) is 3.48. The molecule has 1 atom stereocenters. The average Bonchev–Trinajstić information content (AvgIpc) is 2.97. The van der Waals surface area contributed by atoms with E-state index in [4.69, 9.17) is 4.74 Å². The van der Waals surface area contributed by atoms with Crippen molar-refractivity contribution in [3.63, 3.8) is 0 Å². The van der Waals surface area contributed by atoms with E-state index in [1.54, 1.807) is 47.4 Å². The van der Waals surface area contributed by atoms with Crippen molar-refractivity contribution in [2.24, 2.45) is 0 Å². The number of nitrogens with zero attached hydrogens (tertiary/aromatic N) is 3. The summed E-state index contributed by atoms with van der Waals surface area (Å²) in [5, 5.41) is 15.2. The molecule has 0 saturated carbocycles. The van der Waals surface area contributed by atoms with Crippen LogP contribution in [0, 0.1) is 6.92 Å². The number of carboxylic acid groups (broad SMARTS) is 1. The Morgan fingerprint density at radius 1 is 0.925 bits per heavy atom. The van der Waals surface area contributed by atoms with E-state index in [1.165, 1.54) is 19.5 Å². The van der Waals surface area contributed by atoms with Crippen molar-refractivity contribution in [2.75, 3.05) is 43.5 Å². The molecule has 208 valence electrons. The van der Waals surface area contributed by atoms with Crippen LogP contribution in [0.2, 0.25) is 0 Å². The first-order valence-corrected chi connectivity index (χ1v) is 12.8. The Hall–Kier alpha value is -4.93. The first kappa shape index (κ1) is 28.1. The third-order valence-corrected chi connectivity index (χ3v) is 6.67. The van der Waals surface area contributed by atoms with Gasteiger partial charge in [0.2, 0.25) is 0 Å². The monoisotopic (exact) mass is 545 g/mol. The standard InChI is InChI=1S/C29H31N5O6/c1-19-3-5-20(6-4-19)23(18-26(35)36)31-28(38)22-7-8-25(33-13-15-34(16-14-33)29(39)40-2)24(17-22)32-27(37)21-9-11-30-12-10-21/h3-12,17,23H,13-16,18H2,1-2H3,(H,31,38)(H,32,37)(H,35,36). The third kappa shape index (κ3) is 6.93. The molecule has 1 aliphatic heterocycles. The van der Waals surface area contributed by atoms with Gasteiger partial charge in [-0.05, 0) is 42.8 Å². The van der Waals surface area contributed by atoms with Gasteiger partial charge in [0.05, 0.1) is 30.9 Å². The van der Waals surface area contributed by atoms with Crippen molar-refractivity contribution < 1.29 is 29.0 Å². The highest BCUT2D eigenvalue weighted by Crippen LogP contribution is 2.30. The summed E-state index contributed by atoms with van der Waals surface area (Å²) in [4.78, 5) is 57.4. The number of carbonyl (C=O) groups excluding carboxylic acids is 3. The zero-order valence-corrected chi connectivity index (χ0v) is 22.3. The Balaban J connectivity index is 1.60. The smallest absolute Gasteiger partial charge is 0.409 e. The number of methoxy groups -OCH3 is 1. The molecule has 11 heteroatoms. The number of ether oxygens (including phenoxy) is 1. The van der Waals surface area contributed by atoms with Crippen LogP contribution in [0.4, 0.5) is 16.2 Å². The second kappa shape index (κ2) is 12.7. The van der Waals surface area contributed by atoms with E-state index in [0.29, 0.717) is 48.7 Å². The van der Waals surface area contributed by atoms with Crippen LogP contribution >= 0.6 is 0 Å². The molecule has 1 aliphatic rings. The van der Waals surface area contributed by atoms with Gasteiger partial charge < -0.3 is 30.3 Å².